The predicted molar refractivity (Wildman–Crippen MR) is 70.5 cm³/mol. The molecule has 2 unspecified atom stereocenters. The fraction of sp³-hybridized carbons (Fsp3) is 1.00. The van der Waals surface area contributed by atoms with Gasteiger partial charge in [0, 0.05) is 6.04 Å². The van der Waals surface area contributed by atoms with Crippen molar-refractivity contribution < 1.29 is 0 Å². The Morgan fingerprint density at radius 2 is 1.88 bits per heavy atom. The Morgan fingerprint density at radius 3 is 2.44 bits per heavy atom. The number of hydrogen-bond donors (Lipinski definition) is 1. The summed E-state index contributed by atoms with van der Waals surface area (Å²) in [7, 11) is 0. The minimum absolute atomic E-state index is 0.853. The number of nitrogens with one attached hydrogen (secondary N) is 1. The molecule has 0 bridgehead atoms. The van der Waals surface area contributed by atoms with Gasteiger partial charge in [0.1, 0.15) is 0 Å². The fourth-order valence-corrected chi connectivity index (χ4v) is 3.15. The summed E-state index contributed by atoms with van der Waals surface area (Å²) in [5, 5.41) is 3.69. The Morgan fingerprint density at radius 1 is 1.19 bits per heavy atom. The van der Waals surface area contributed by atoms with Gasteiger partial charge in [-0.15, -0.1) is 0 Å². The lowest BCUT2D eigenvalue weighted by Crippen LogP contribution is -2.40. The van der Waals surface area contributed by atoms with Crippen LogP contribution in [0.1, 0.15) is 59.3 Å². The second-order valence-electron chi connectivity index (χ2n) is 6.54. The molecule has 16 heavy (non-hydrogen) atoms. The molecular weight excluding hydrogens is 194 g/mol. The van der Waals surface area contributed by atoms with Gasteiger partial charge < -0.3 is 5.32 Å². The molecule has 0 aromatic heterocycles. The molecule has 0 amide bonds. The zero-order valence-electron chi connectivity index (χ0n) is 11.3. The first-order chi connectivity index (χ1) is 7.66. The van der Waals surface area contributed by atoms with Crippen LogP contribution in [0.5, 0.6) is 0 Å². The molecule has 0 aromatic rings. The standard InChI is InChI=1S/C15H29N/c1-11-9-15(10-11)16-8-4-5-12(2)13(3)14-6-7-14/h11-16H,4-10H2,1-3H3. The summed E-state index contributed by atoms with van der Waals surface area (Å²) in [5.74, 6) is 3.97. The molecule has 0 spiro atoms. The van der Waals surface area contributed by atoms with Crippen molar-refractivity contribution in [1.82, 2.24) is 5.32 Å². The SMILES string of the molecule is CC1CC(NCCCC(C)C(C)C2CC2)C1. The highest BCUT2D eigenvalue weighted by Gasteiger charge is 2.31. The van der Waals surface area contributed by atoms with E-state index in [1.165, 1.54) is 45.1 Å². The van der Waals surface area contributed by atoms with E-state index < -0.39 is 0 Å². The quantitative estimate of drug-likeness (QED) is 0.647. The third kappa shape index (κ3) is 3.48. The smallest absolute Gasteiger partial charge is 0.00721 e. The number of rotatable bonds is 7. The van der Waals surface area contributed by atoms with Gasteiger partial charge in [0.05, 0.1) is 0 Å². The molecule has 2 fully saturated rings. The van der Waals surface area contributed by atoms with Crippen molar-refractivity contribution in [2.75, 3.05) is 6.54 Å². The summed E-state index contributed by atoms with van der Waals surface area (Å²) in [5.41, 5.74) is 0. The van der Waals surface area contributed by atoms with E-state index in [9.17, 15) is 0 Å². The minimum atomic E-state index is 0.853. The maximum atomic E-state index is 3.69. The van der Waals surface area contributed by atoms with Crippen molar-refractivity contribution in [2.45, 2.75) is 65.3 Å². The van der Waals surface area contributed by atoms with Gasteiger partial charge in [-0.3, -0.25) is 0 Å². The highest BCUT2D eigenvalue weighted by Crippen LogP contribution is 2.41. The summed E-state index contributed by atoms with van der Waals surface area (Å²) in [6.45, 7) is 8.52. The first-order valence-corrected chi connectivity index (χ1v) is 7.40. The Balaban J connectivity index is 1.47. The van der Waals surface area contributed by atoms with E-state index in [-0.39, 0.29) is 0 Å². The van der Waals surface area contributed by atoms with Gasteiger partial charge in [0.15, 0.2) is 0 Å². The lowest BCUT2D eigenvalue weighted by molar-refractivity contribution is 0.236. The average Bonchev–Trinajstić information content (AvgIpc) is 3.03. The van der Waals surface area contributed by atoms with Gasteiger partial charge in [-0.25, -0.2) is 0 Å². The Hall–Kier alpha value is -0.0400. The van der Waals surface area contributed by atoms with Crippen molar-refractivity contribution in [3.63, 3.8) is 0 Å². The molecule has 0 aromatic carbocycles. The zero-order chi connectivity index (χ0) is 11.5. The van der Waals surface area contributed by atoms with Gasteiger partial charge in [-0.2, -0.15) is 0 Å². The summed E-state index contributed by atoms with van der Waals surface area (Å²) in [6.07, 6.45) is 8.63. The molecule has 94 valence electrons. The minimum Gasteiger partial charge on any atom is -0.314 e. The molecule has 1 heteroatoms. The van der Waals surface area contributed by atoms with Crippen LogP contribution in [0.2, 0.25) is 0 Å². The zero-order valence-corrected chi connectivity index (χ0v) is 11.3. The van der Waals surface area contributed by atoms with Crippen molar-refractivity contribution in [1.29, 1.82) is 0 Å². The van der Waals surface area contributed by atoms with Crippen LogP contribution in [0, 0.1) is 23.7 Å². The second kappa shape index (κ2) is 5.53. The van der Waals surface area contributed by atoms with Crippen LogP contribution in [0.15, 0.2) is 0 Å². The van der Waals surface area contributed by atoms with Crippen LogP contribution in [0.25, 0.3) is 0 Å². The first-order valence-electron chi connectivity index (χ1n) is 7.40. The van der Waals surface area contributed by atoms with Crippen molar-refractivity contribution in [2.24, 2.45) is 23.7 Å². The average molecular weight is 223 g/mol. The second-order valence-corrected chi connectivity index (χ2v) is 6.54. The maximum absolute atomic E-state index is 3.69. The maximum Gasteiger partial charge on any atom is 0.00721 e. The number of hydrogen-bond acceptors (Lipinski definition) is 1. The molecule has 0 saturated heterocycles. The molecular formula is C15H29N. The van der Waals surface area contributed by atoms with E-state index in [4.69, 9.17) is 0 Å². The van der Waals surface area contributed by atoms with Crippen LogP contribution in [-0.2, 0) is 0 Å². The summed E-state index contributed by atoms with van der Waals surface area (Å²) < 4.78 is 0. The molecule has 0 heterocycles. The first kappa shape index (κ1) is 12.4. The van der Waals surface area contributed by atoms with Crippen LogP contribution < -0.4 is 5.32 Å². The van der Waals surface area contributed by atoms with Gasteiger partial charge >= 0.3 is 0 Å². The monoisotopic (exact) mass is 223 g/mol. The van der Waals surface area contributed by atoms with Crippen LogP contribution >= 0.6 is 0 Å². The molecule has 2 saturated carbocycles. The third-order valence-corrected chi connectivity index (χ3v) is 4.91. The third-order valence-electron chi connectivity index (χ3n) is 4.91. The normalized spacial score (nSPS) is 33.2. The molecule has 1 N–H and O–H groups in total. The summed E-state index contributed by atoms with van der Waals surface area (Å²) in [4.78, 5) is 0. The lowest BCUT2D eigenvalue weighted by atomic mass is 9.82. The van der Waals surface area contributed by atoms with Gasteiger partial charge in [0.25, 0.3) is 0 Å². The van der Waals surface area contributed by atoms with Crippen molar-refractivity contribution >= 4 is 0 Å². The highest BCUT2D eigenvalue weighted by atomic mass is 14.9. The van der Waals surface area contributed by atoms with Crippen molar-refractivity contribution in [3.05, 3.63) is 0 Å². The molecule has 2 rings (SSSR count). The molecule has 2 aliphatic rings. The predicted octanol–water partition coefficient (Wildman–Crippen LogP) is 3.84. The van der Waals surface area contributed by atoms with E-state index in [0.29, 0.717) is 0 Å². The van der Waals surface area contributed by atoms with Crippen LogP contribution in [-0.4, -0.2) is 12.6 Å². The van der Waals surface area contributed by atoms with E-state index in [2.05, 4.69) is 26.1 Å². The molecule has 2 aliphatic carbocycles. The fourth-order valence-electron chi connectivity index (χ4n) is 3.15. The highest BCUT2D eigenvalue weighted by molar-refractivity contribution is 4.83. The van der Waals surface area contributed by atoms with Crippen LogP contribution in [0.3, 0.4) is 0 Å². The molecule has 1 nitrogen and oxygen atoms in total. The van der Waals surface area contributed by atoms with Gasteiger partial charge in [-0.1, -0.05) is 20.8 Å². The van der Waals surface area contributed by atoms with Crippen molar-refractivity contribution in [3.8, 4) is 0 Å². The Labute approximate surface area is 101 Å². The Kier molecular flexibility index (Phi) is 4.29. The Bertz CT molecular complexity index is 203. The molecule has 0 aliphatic heterocycles. The summed E-state index contributed by atoms with van der Waals surface area (Å²) in [6, 6.07) is 0.853. The van der Waals surface area contributed by atoms with E-state index in [1.807, 2.05) is 0 Å². The summed E-state index contributed by atoms with van der Waals surface area (Å²) >= 11 is 0. The molecule has 2 atom stereocenters. The topological polar surface area (TPSA) is 12.0 Å². The van der Waals surface area contributed by atoms with Crippen LogP contribution in [0.4, 0.5) is 0 Å². The lowest BCUT2D eigenvalue weighted by Gasteiger charge is -2.33. The van der Waals surface area contributed by atoms with E-state index >= 15 is 0 Å². The van der Waals surface area contributed by atoms with E-state index in [0.717, 1.165) is 29.7 Å². The van der Waals surface area contributed by atoms with Gasteiger partial charge in [-0.05, 0) is 68.7 Å². The largest absolute Gasteiger partial charge is 0.314 e. The van der Waals surface area contributed by atoms with Gasteiger partial charge in [0.2, 0.25) is 0 Å². The van der Waals surface area contributed by atoms with E-state index in [1.54, 1.807) is 0 Å². The molecule has 0 radical (unpaired) electrons.